The van der Waals surface area contributed by atoms with Crippen molar-refractivity contribution in [1.29, 1.82) is 0 Å². The van der Waals surface area contributed by atoms with Gasteiger partial charge in [0.1, 0.15) is 11.6 Å². The first kappa shape index (κ1) is 23.1. The van der Waals surface area contributed by atoms with Gasteiger partial charge in [-0.2, -0.15) is 0 Å². The quantitative estimate of drug-likeness (QED) is 0.429. The number of carbonyl (C=O) groups excluding carboxylic acids is 1. The maximum atomic E-state index is 15.1. The smallest absolute Gasteiger partial charge is 0.298 e. The van der Waals surface area contributed by atoms with E-state index >= 15 is 4.39 Å². The summed E-state index contributed by atoms with van der Waals surface area (Å²) < 4.78 is 27.6. The first-order valence-corrected chi connectivity index (χ1v) is 11.3. The molecule has 5 rings (SSSR count). The zero-order valence-electron chi connectivity index (χ0n) is 19.7. The van der Waals surface area contributed by atoms with Crippen LogP contribution in [0.2, 0.25) is 0 Å². The van der Waals surface area contributed by atoms with Crippen LogP contribution in [0, 0.1) is 17.7 Å². The topological polar surface area (TPSA) is 108 Å². The number of nitrogen functional groups attached to an aromatic ring is 1. The van der Waals surface area contributed by atoms with Gasteiger partial charge in [-0.25, -0.2) is 19.3 Å². The van der Waals surface area contributed by atoms with Gasteiger partial charge in [0.05, 0.1) is 18.3 Å². The van der Waals surface area contributed by atoms with Crippen molar-refractivity contribution < 1.29 is 18.7 Å². The highest BCUT2D eigenvalue weighted by Gasteiger charge is 2.31. The van der Waals surface area contributed by atoms with Gasteiger partial charge in [0.2, 0.25) is 11.8 Å². The van der Waals surface area contributed by atoms with Crippen LogP contribution in [-0.2, 0) is 4.79 Å². The van der Waals surface area contributed by atoms with Crippen molar-refractivity contribution in [2.45, 2.75) is 19.3 Å². The summed E-state index contributed by atoms with van der Waals surface area (Å²) in [5, 5.41) is 0. The molecule has 0 bridgehead atoms. The highest BCUT2D eigenvalue weighted by Crippen LogP contribution is 2.35. The summed E-state index contributed by atoms with van der Waals surface area (Å²) in [4.78, 5) is 27.1. The molecule has 0 saturated carbocycles. The second-order valence-electron chi connectivity index (χ2n) is 8.24. The van der Waals surface area contributed by atoms with Crippen LogP contribution in [0.5, 0.6) is 17.4 Å². The molecule has 1 fully saturated rings. The molecular formula is C26H23FN6O3. The maximum absolute atomic E-state index is 15.1. The minimum Gasteiger partial charge on any atom is -0.497 e. The van der Waals surface area contributed by atoms with E-state index in [0.717, 1.165) is 17.6 Å². The molecule has 0 aliphatic carbocycles. The van der Waals surface area contributed by atoms with Crippen molar-refractivity contribution >= 4 is 17.4 Å². The van der Waals surface area contributed by atoms with Gasteiger partial charge in [0.15, 0.2) is 11.6 Å². The Morgan fingerprint density at radius 2 is 2.03 bits per heavy atom. The van der Waals surface area contributed by atoms with Crippen LogP contribution in [0.25, 0.3) is 16.9 Å². The largest absolute Gasteiger partial charge is 0.497 e. The molecule has 4 heterocycles. The Morgan fingerprint density at radius 1 is 1.19 bits per heavy atom. The summed E-state index contributed by atoms with van der Waals surface area (Å²) in [7, 11) is 1.53. The highest BCUT2D eigenvalue weighted by atomic mass is 19.1. The van der Waals surface area contributed by atoms with E-state index in [-0.39, 0.29) is 29.4 Å². The van der Waals surface area contributed by atoms with E-state index in [1.165, 1.54) is 25.4 Å². The Balaban J connectivity index is 1.49. The van der Waals surface area contributed by atoms with Gasteiger partial charge in [-0.1, -0.05) is 5.92 Å². The third-order valence-corrected chi connectivity index (χ3v) is 6.05. The van der Waals surface area contributed by atoms with E-state index < -0.39 is 5.82 Å². The maximum Gasteiger partial charge on any atom is 0.298 e. The number of aromatic nitrogens is 4. The second kappa shape index (κ2) is 9.54. The van der Waals surface area contributed by atoms with Crippen LogP contribution < -0.4 is 15.2 Å². The molecule has 1 saturated heterocycles. The Kier molecular flexibility index (Phi) is 6.12. The SMILES string of the molecule is CC#CC(=O)N1CCC(c2nc(-c3ccc(Oc4cc(OC)ccn4)c(F)c3)n3c(N)nccc23)C1. The van der Waals surface area contributed by atoms with Crippen LogP contribution >= 0.6 is 0 Å². The van der Waals surface area contributed by atoms with Crippen molar-refractivity contribution in [3.05, 3.63) is 60.3 Å². The predicted molar refractivity (Wildman–Crippen MR) is 131 cm³/mol. The fraction of sp³-hybridized carbons (Fsp3) is 0.231. The third kappa shape index (κ3) is 4.27. The van der Waals surface area contributed by atoms with Gasteiger partial charge >= 0.3 is 0 Å². The molecule has 3 aromatic heterocycles. The number of imidazole rings is 1. The van der Waals surface area contributed by atoms with Crippen LogP contribution in [0.15, 0.2) is 48.8 Å². The molecule has 10 heteroatoms. The van der Waals surface area contributed by atoms with Gasteiger partial charge in [0, 0.05) is 43.0 Å². The number of benzene rings is 1. The summed E-state index contributed by atoms with van der Waals surface area (Å²) >= 11 is 0. The summed E-state index contributed by atoms with van der Waals surface area (Å²) in [6, 6.07) is 9.60. The number of halogens is 1. The average molecular weight is 487 g/mol. The molecule has 1 aliphatic heterocycles. The number of pyridine rings is 1. The van der Waals surface area contributed by atoms with Gasteiger partial charge in [-0.15, -0.1) is 0 Å². The van der Waals surface area contributed by atoms with Crippen LogP contribution in [-0.4, -0.2) is 50.4 Å². The lowest BCUT2D eigenvalue weighted by molar-refractivity contribution is -0.124. The van der Waals surface area contributed by atoms with Crippen molar-refractivity contribution in [2.75, 3.05) is 25.9 Å². The first-order valence-electron chi connectivity index (χ1n) is 11.3. The Bertz CT molecular complexity index is 1520. The molecule has 1 aromatic carbocycles. The normalized spacial score (nSPS) is 15.0. The molecule has 182 valence electrons. The lowest BCUT2D eigenvalue weighted by Gasteiger charge is -2.12. The van der Waals surface area contributed by atoms with E-state index in [0.29, 0.717) is 30.2 Å². The molecule has 1 aliphatic rings. The summed E-state index contributed by atoms with van der Waals surface area (Å²) in [5.74, 6) is 5.88. The average Bonchev–Trinajstić information content (AvgIpc) is 3.52. The molecule has 9 nitrogen and oxygen atoms in total. The Morgan fingerprint density at radius 3 is 2.81 bits per heavy atom. The van der Waals surface area contributed by atoms with Gasteiger partial charge < -0.3 is 20.1 Å². The molecule has 1 amide bonds. The molecule has 4 aromatic rings. The molecule has 0 radical (unpaired) electrons. The summed E-state index contributed by atoms with van der Waals surface area (Å²) in [6.45, 7) is 2.72. The van der Waals surface area contributed by atoms with E-state index in [9.17, 15) is 4.79 Å². The molecule has 0 spiro atoms. The van der Waals surface area contributed by atoms with E-state index in [2.05, 4.69) is 21.8 Å². The van der Waals surface area contributed by atoms with Gasteiger partial charge in [-0.05, 0) is 49.6 Å². The van der Waals surface area contributed by atoms with Crippen LogP contribution in [0.3, 0.4) is 0 Å². The third-order valence-electron chi connectivity index (χ3n) is 6.05. The molecule has 1 unspecified atom stereocenters. The number of nitrogens with zero attached hydrogens (tertiary/aromatic N) is 5. The molecule has 36 heavy (non-hydrogen) atoms. The molecular weight excluding hydrogens is 463 g/mol. The number of nitrogens with two attached hydrogens (primary N) is 1. The number of rotatable bonds is 5. The van der Waals surface area contributed by atoms with E-state index in [4.69, 9.17) is 20.2 Å². The zero-order valence-corrected chi connectivity index (χ0v) is 19.7. The lowest BCUT2D eigenvalue weighted by Crippen LogP contribution is -2.26. The number of ether oxygens (including phenoxy) is 2. The van der Waals surface area contributed by atoms with Gasteiger partial charge in [-0.3, -0.25) is 9.20 Å². The van der Waals surface area contributed by atoms with Gasteiger partial charge in [0.25, 0.3) is 5.91 Å². The van der Waals surface area contributed by atoms with Crippen LogP contribution in [0.4, 0.5) is 10.3 Å². The standard InChI is InChI=1S/C26H23FN6O3/c1-3-4-23(34)32-12-9-17(15-32)24-20-8-11-30-26(28)33(20)25(31-24)16-5-6-21(19(27)13-16)36-22-14-18(35-2)7-10-29-22/h5-8,10-11,13-14,17H,9,12,15H2,1-2H3,(H2,28,30). The number of hydrogen-bond donors (Lipinski definition) is 1. The van der Waals surface area contributed by atoms with Crippen molar-refractivity contribution in [3.63, 3.8) is 0 Å². The number of anilines is 1. The fourth-order valence-electron chi connectivity index (χ4n) is 4.34. The lowest BCUT2D eigenvalue weighted by atomic mass is 10.0. The number of methoxy groups -OCH3 is 1. The predicted octanol–water partition coefficient (Wildman–Crippen LogP) is 3.65. The number of likely N-dealkylation sites (tertiary alicyclic amines) is 1. The minimum atomic E-state index is -0.589. The van der Waals surface area contributed by atoms with Crippen LogP contribution in [0.1, 0.15) is 25.0 Å². The molecule has 1 atom stereocenters. The molecule has 2 N–H and O–H groups in total. The van der Waals surface area contributed by atoms with Crippen molar-refractivity contribution in [2.24, 2.45) is 0 Å². The minimum absolute atomic E-state index is 0.00802. The monoisotopic (exact) mass is 486 g/mol. The Hall–Kier alpha value is -4.65. The van der Waals surface area contributed by atoms with E-state index in [1.54, 1.807) is 40.6 Å². The van der Waals surface area contributed by atoms with E-state index in [1.807, 2.05) is 6.07 Å². The number of amides is 1. The number of carbonyl (C=O) groups is 1. The first-order chi connectivity index (χ1) is 17.5. The fourth-order valence-corrected chi connectivity index (χ4v) is 4.34. The van der Waals surface area contributed by atoms with Crippen molar-refractivity contribution in [1.82, 2.24) is 24.3 Å². The summed E-state index contributed by atoms with van der Waals surface area (Å²) in [6.07, 6.45) is 3.86. The number of hydrogen-bond acceptors (Lipinski definition) is 7. The van der Waals surface area contributed by atoms with Crippen molar-refractivity contribution in [3.8, 4) is 40.6 Å². The summed E-state index contributed by atoms with van der Waals surface area (Å²) in [5.41, 5.74) is 8.25. The second-order valence-corrected chi connectivity index (χ2v) is 8.24. The highest BCUT2D eigenvalue weighted by molar-refractivity contribution is 5.93. The zero-order chi connectivity index (χ0) is 25.2. The Labute approximate surface area is 206 Å². The number of fused-ring (bicyclic) bond motifs is 1.